The van der Waals surface area contributed by atoms with Crippen molar-refractivity contribution in [1.29, 1.82) is 0 Å². The number of hydrogen-bond acceptors (Lipinski definition) is 5. The molecule has 0 saturated heterocycles. The molecule has 2 aliphatic carbocycles. The van der Waals surface area contributed by atoms with Gasteiger partial charge in [0.1, 0.15) is 5.82 Å². The van der Waals surface area contributed by atoms with Gasteiger partial charge >= 0.3 is 11.7 Å². The summed E-state index contributed by atoms with van der Waals surface area (Å²) < 4.78 is 16.8. The number of halogens is 1. The molecule has 0 bridgehead atoms. The lowest BCUT2D eigenvalue weighted by Crippen LogP contribution is -2.45. The first-order valence-corrected chi connectivity index (χ1v) is 10.6. The smallest absolute Gasteiger partial charge is 0.365 e. The van der Waals surface area contributed by atoms with Gasteiger partial charge in [-0.25, -0.2) is 14.0 Å². The van der Waals surface area contributed by atoms with Crippen molar-refractivity contribution < 1.29 is 19.1 Å². The molecule has 2 N–H and O–H groups in total. The molecular formula is C21H26FN3O5. The molecule has 2 aliphatic rings. The van der Waals surface area contributed by atoms with Crippen molar-refractivity contribution in [2.45, 2.75) is 69.9 Å². The number of rotatable bonds is 6. The second-order valence-corrected chi connectivity index (χ2v) is 8.19. The van der Waals surface area contributed by atoms with Gasteiger partial charge in [0.25, 0.3) is 5.56 Å². The van der Waals surface area contributed by atoms with Crippen LogP contribution < -0.4 is 21.4 Å². The average Bonchev–Trinajstić information content (AvgIpc) is 3.24. The van der Waals surface area contributed by atoms with Gasteiger partial charge in [0.05, 0.1) is 16.6 Å². The van der Waals surface area contributed by atoms with Gasteiger partial charge in [0, 0.05) is 12.1 Å². The van der Waals surface area contributed by atoms with E-state index in [0.717, 1.165) is 57.4 Å². The van der Waals surface area contributed by atoms with Crippen molar-refractivity contribution in [2.75, 3.05) is 11.9 Å². The third kappa shape index (κ3) is 3.93. The van der Waals surface area contributed by atoms with E-state index in [0.29, 0.717) is 10.2 Å². The monoisotopic (exact) mass is 419 g/mol. The quantitative estimate of drug-likeness (QED) is 0.746. The molecule has 2 fully saturated rings. The molecule has 0 amide bonds. The van der Waals surface area contributed by atoms with E-state index in [1.807, 2.05) is 0 Å². The van der Waals surface area contributed by atoms with Gasteiger partial charge in [0.2, 0.25) is 6.61 Å². The Morgan fingerprint density at radius 2 is 1.77 bits per heavy atom. The Balaban J connectivity index is 1.85. The molecule has 1 aromatic heterocycles. The van der Waals surface area contributed by atoms with Gasteiger partial charge in [-0.2, -0.15) is 0 Å². The Kier molecular flexibility index (Phi) is 5.78. The maximum absolute atomic E-state index is 14.9. The van der Waals surface area contributed by atoms with Crippen LogP contribution in [-0.4, -0.2) is 33.0 Å². The lowest BCUT2D eigenvalue weighted by atomic mass is 9.95. The van der Waals surface area contributed by atoms with Crippen molar-refractivity contribution in [3.8, 4) is 0 Å². The molecule has 0 unspecified atom stereocenters. The van der Waals surface area contributed by atoms with Crippen LogP contribution in [-0.2, 0) is 4.79 Å². The van der Waals surface area contributed by atoms with Gasteiger partial charge in [-0.05, 0) is 37.8 Å². The fraction of sp³-hybridized carbons (Fsp3) is 0.571. The van der Waals surface area contributed by atoms with E-state index in [9.17, 15) is 18.8 Å². The lowest BCUT2D eigenvalue weighted by molar-refractivity contribution is -0.142. The standard InChI is InChI=1S/C21H26FN3O5/c22-16-10-15-18(11-17(16)23-13-6-2-1-3-7-13)24(14-8-4-5-9-14)21(29)25(20(15)28)30-12-19(26)27/h10-11,13-14,23H,1-9,12H2,(H,26,27). The first-order chi connectivity index (χ1) is 14.5. The Morgan fingerprint density at radius 3 is 2.43 bits per heavy atom. The number of aliphatic carboxylic acids is 1. The predicted molar refractivity (Wildman–Crippen MR) is 110 cm³/mol. The van der Waals surface area contributed by atoms with Crippen molar-refractivity contribution in [3.05, 3.63) is 38.8 Å². The van der Waals surface area contributed by atoms with Crippen LogP contribution in [0.25, 0.3) is 10.9 Å². The first-order valence-electron chi connectivity index (χ1n) is 10.6. The molecule has 30 heavy (non-hydrogen) atoms. The molecule has 2 aromatic rings. The van der Waals surface area contributed by atoms with Gasteiger partial charge in [-0.1, -0.05) is 36.8 Å². The van der Waals surface area contributed by atoms with Gasteiger partial charge in [-0.3, -0.25) is 9.36 Å². The van der Waals surface area contributed by atoms with Crippen LogP contribution in [0.4, 0.5) is 10.1 Å². The molecule has 2 saturated carbocycles. The maximum atomic E-state index is 14.9. The van der Waals surface area contributed by atoms with E-state index < -0.39 is 29.6 Å². The summed E-state index contributed by atoms with van der Waals surface area (Å²) >= 11 is 0. The summed E-state index contributed by atoms with van der Waals surface area (Å²) in [5.74, 6) is -1.89. The summed E-state index contributed by atoms with van der Waals surface area (Å²) in [4.78, 5) is 41.7. The van der Waals surface area contributed by atoms with Crippen molar-refractivity contribution in [2.24, 2.45) is 0 Å². The van der Waals surface area contributed by atoms with E-state index in [1.54, 1.807) is 6.07 Å². The van der Waals surface area contributed by atoms with Crippen molar-refractivity contribution in [3.63, 3.8) is 0 Å². The summed E-state index contributed by atoms with van der Waals surface area (Å²) in [6, 6.07) is 2.68. The fourth-order valence-corrected chi connectivity index (χ4v) is 4.66. The summed E-state index contributed by atoms with van der Waals surface area (Å²) in [5.41, 5.74) is -0.944. The summed E-state index contributed by atoms with van der Waals surface area (Å²) in [6.07, 6.45) is 8.68. The number of nitrogens with zero attached hydrogens (tertiary/aromatic N) is 2. The van der Waals surface area contributed by atoms with Crippen LogP contribution in [0, 0.1) is 5.82 Å². The van der Waals surface area contributed by atoms with Gasteiger partial charge in [-0.15, -0.1) is 0 Å². The second-order valence-electron chi connectivity index (χ2n) is 8.19. The van der Waals surface area contributed by atoms with Crippen LogP contribution in [0.15, 0.2) is 21.7 Å². The van der Waals surface area contributed by atoms with E-state index in [4.69, 9.17) is 9.94 Å². The number of carboxylic acids is 1. The average molecular weight is 419 g/mol. The van der Waals surface area contributed by atoms with Crippen LogP contribution in [0.5, 0.6) is 0 Å². The van der Waals surface area contributed by atoms with E-state index in [-0.39, 0.29) is 23.2 Å². The Bertz CT molecular complexity index is 1060. The normalized spacial score (nSPS) is 18.0. The molecule has 1 heterocycles. The number of fused-ring (bicyclic) bond motifs is 1. The number of nitrogens with one attached hydrogen (secondary N) is 1. The van der Waals surface area contributed by atoms with E-state index in [2.05, 4.69) is 5.32 Å². The summed E-state index contributed by atoms with van der Waals surface area (Å²) in [5, 5.41) is 12.1. The topological polar surface area (TPSA) is 103 Å². The third-order valence-electron chi connectivity index (χ3n) is 6.11. The SMILES string of the molecule is O=C(O)COn1c(=O)c2cc(F)c(NC3CCCCC3)cc2n(C2CCCC2)c1=O. The maximum Gasteiger partial charge on any atom is 0.365 e. The first kappa shape index (κ1) is 20.4. The molecule has 4 rings (SSSR count). The van der Waals surface area contributed by atoms with Gasteiger partial charge < -0.3 is 15.3 Å². The summed E-state index contributed by atoms with van der Waals surface area (Å²) in [7, 11) is 0. The lowest BCUT2D eigenvalue weighted by Gasteiger charge is -2.25. The molecule has 9 heteroatoms. The minimum atomic E-state index is -1.31. The highest BCUT2D eigenvalue weighted by Gasteiger charge is 2.25. The molecule has 8 nitrogen and oxygen atoms in total. The molecular weight excluding hydrogens is 393 g/mol. The van der Waals surface area contributed by atoms with E-state index >= 15 is 0 Å². The molecule has 0 spiro atoms. The highest BCUT2D eigenvalue weighted by Crippen LogP contribution is 2.32. The number of anilines is 1. The highest BCUT2D eigenvalue weighted by molar-refractivity contribution is 5.82. The summed E-state index contributed by atoms with van der Waals surface area (Å²) in [6.45, 7) is -0.838. The van der Waals surface area contributed by atoms with Crippen LogP contribution >= 0.6 is 0 Å². The zero-order chi connectivity index (χ0) is 21.3. The number of carbonyl (C=O) groups is 1. The number of hydrogen-bond donors (Lipinski definition) is 2. The largest absolute Gasteiger partial charge is 0.479 e. The zero-order valence-corrected chi connectivity index (χ0v) is 16.7. The van der Waals surface area contributed by atoms with Crippen LogP contribution in [0.2, 0.25) is 0 Å². The minimum Gasteiger partial charge on any atom is -0.479 e. The Morgan fingerprint density at radius 1 is 1.10 bits per heavy atom. The molecule has 1 aromatic carbocycles. The zero-order valence-electron chi connectivity index (χ0n) is 16.7. The van der Waals surface area contributed by atoms with Crippen molar-refractivity contribution >= 4 is 22.6 Å². The fourth-order valence-electron chi connectivity index (χ4n) is 4.66. The number of carboxylic acid groups (broad SMARTS) is 1. The molecule has 0 radical (unpaired) electrons. The Hall–Kier alpha value is -2.84. The van der Waals surface area contributed by atoms with E-state index in [1.165, 1.54) is 11.0 Å². The predicted octanol–water partition coefficient (Wildman–Crippen LogP) is 2.68. The minimum absolute atomic E-state index is 0.00131. The molecule has 162 valence electrons. The highest BCUT2D eigenvalue weighted by atomic mass is 19.1. The van der Waals surface area contributed by atoms with Gasteiger partial charge in [0.15, 0.2) is 0 Å². The van der Waals surface area contributed by atoms with Crippen molar-refractivity contribution in [1.82, 2.24) is 9.30 Å². The molecule has 0 atom stereocenters. The second kappa shape index (κ2) is 8.49. The van der Waals surface area contributed by atoms with Crippen LogP contribution in [0.3, 0.4) is 0 Å². The Labute approximate surface area is 172 Å². The third-order valence-corrected chi connectivity index (χ3v) is 6.11. The molecule has 0 aliphatic heterocycles. The number of benzene rings is 1. The number of aromatic nitrogens is 2. The van der Waals surface area contributed by atoms with Crippen LogP contribution in [0.1, 0.15) is 63.8 Å².